The molecule has 2 rings (SSSR count). The highest BCUT2D eigenvalue weighted by Crippen LogP contribution is 2.23. The highest BCUT2D eigenvalue weighted by atomic mass is 19.3. The number of anilines is 1. The molecule has 1 fully saturated rings. The van der Waals surface area contributed by atoms with E-state index >= 15 is 0 Å². The van der Waals surface area contributed by atoms with E-state index in [0.717, 1.165) is 26.2 Å². The van der Waals surface area contributed by atoms with Gasteiger partial charge >= 0.3 is 0 Å². The number of hydrogen-bond acceptors (Lipinski definition) is 5. The van der Waals surface area contributed by atoms with Gasteiger partial charge in [-0.2, -0.15) is 0 Å². The highest BCUT2D eigenvalue weighted by Gasteiger charge is 2.21. The van der Waals surface area contributed by atoms with Gasteiger partial charge in [-0.05, 0) is 7.05 Å². The Hall–Kier alpha value is -1.34. The number of piperazine rings is 1. The van der Waals surface area contributed by atoms with E-state index in [9.17, 15) is 8.78 Å². The number of rotatable bonds is 3. The Morgan fingerprint density at radius 2 is 2.00 bits per heavy atom. The van der Waals surface area contributed by atoms with Crippen molar-refractivity contribution in [2.75, 3.05) is 38.1 Å². The summed E-state index contributed by atoms with van der Waals surface area (Å²) in [7, 11) is 2.01. The Labute approximate surface area is 104 Å². The number of aliphatic hydroxyl groups excluding tert-OH is 1. The number of halogens is 2. The predicted molar refractivity (Wildman–Crippen MR) is 62.6 cm³/mol. The summed E-state index contributed by atoms with van der Waals surface area (Å²) in [4.78, 5) is 12.0. The smallest absolute Gasteiger partial charge is 0.280 e. The second-order valence-corrected chi connectivity index (χ2v) is 4.33. The zero-order chi connectivity index (χ0) is 13.1. The molecule has 5 nitrogen and oxygen atoms in total. The molecule has 100 valence electrons. The molecule has 7 heteroatoms. The van der Waals surface area contributed by atoms with Crippen LogP contribution in [0.3, 0.4) is 0 Å². The minimum atomic E-state index is -2.69. The average molecular weight is 258 g/mol. The van der Waals surface area contributed by atoms with Gasteiger partial charge in [0.2, 0.25) is 5.95 Å². The number of nitrogens with zero attached hydrogens (tertiary/aromatic N) is 4. The van der Waals surface area contributed by atoms with Gasteiger partial charge in [-0.15, -0.1) is 0 Å². The van der Waals surface area contributed by atoms with Gasteiger partial charge in [-0.1, -0.05) is 0 Å². The number of aromatic nitrogens is 2. The van der Waals surface area contributed by atoms with Gasteiger partial charge in [0.15, 0.2) is 0 Å². The second-order valence-electron chi connectivity index (χ2n) is 4.33. The first kappa shape index (κ1) is 13.1. The third-order valence-electron chi connectivity index (χ3n) is 3.05. The lowest BCUT2D eigenvalue weighted by atomic mass is 10.2. The Morgan fingerprint density at radius 1 is 1.33 bits per heavy atom. The Morgan fingerprint density at radius 3 is 2.56 bits per heavy atom. The SMILES string of the molecule is CN1CCN(c2ncc(CO)c(C(F)F)n2)CC1. The van der Waals surface area contributed by atoms with Crippen molar-refractivity contribution in [2.45, 2.75) is 13.0 Å². The van der Waals surface area contributed by atoms with Crippen LogP contribution in [0.1, 0.15) is 17.7 Å². The van der Waals surface area contributed by atoms with Crippen molar-refractivity contribution >= 4 is 5.95 Å². The summed E-state index contributed by atoms with van der Waals surface area (Å²) in [6, 6.07) is 0. The summed E-state index contributed by atoms with van der Waals surface area (Å²) in [5, 5.41) is 8.97. The maximum atomic E-state index is 12.8. The van der Waals surface area contributed by atoms with Crippen molar-refractivity contribution in [3.63, 3.8) is 0 Å². The molecule has 0 atom stereocenters. The molecule has 1 saturated heterocycles. The second kappa shape index (κ2) is 5.53. The Kier molecular flexibility index (Phi) is 4.03. The van der Waals surface area contributed by atoms with Crippen LogP contribution in [0.2, 0.25) is 0 Å². The first-order valence-corrected chi connectivity index (χ1v) is 5.80. The fourth-order valence-electron chi connectivity index (χ4n) is 1.88. The Bertz CT molecular complexity index is 408. The molecule has 18 heavy (non-hydrogen) atoms. The zero-order valence-electron chi connectivity index (χ0n) is 10.2. The van der Waals surface area contributed by atoms with Gasteiger partial charge in [0.25, 0.3) is 6.43 Å². The normalized spacial score (nSPS) is 17.5. The van der Waals surface area contributed by atoms with Crippen LogP contribution in [0, 0.1) is 0 Å². The molecule has 0 spiro atoms. The third-order valence-corrected chi connectivity index (χ3v) is 3.05. The van der Waals surface area contributed by atoms with E-state index in [1.807, 2.05) is 11.9 Å². The first-order chi connectivity index (χ1) is 8.61. The van der Waals surface area contributed by atoms with Gasteiger partial charge in [-0.25, -0.2) is 18.7 Å². The van der Waals surface area contributed by atoms with E-state index < -0.39 is 13.0 Å². The molecule has 1 aliphatic heterocycles. The van der Waals surface area contributed by atoms with Gasteiger partial charge in [-0.3, -0.25) is 0 Å². The van der Waals surface area contributed by atoms with Crippen molar-refractivity contribution in [3.05, 3.63) is 17.5 Å². The van der Waals surface area contributed by atoms with Crippen LogP contribution in [0.5, 0.6) is 0 Å². The lowest BCUT2D eigenvalue weighted by Crippen LogP contribution is -2.45. The van der Waals surface area contributed by atoms with Crippen LogP contribution < -0.4 is 4.90 Å². The molecule has 0 aromatic carbocycles. The number of hydrogen-bond donors (Lipinski definition) is 1. The molecular weight excluding hydrogens is 242 g/mol. The molecule has 0 aliphatic carbocycles. The fourth-order valence-corrected chi connectivity index (χ4v) is 1.88. The van der Waals surface area contributed by atoms with E-state index in [1.54, 1.807) is 0 Å². The van der Waals surface area contributed by atoms with Crippen molar-refractivity contribution < 1.29 is 13.9 Å². The van der Waals surface area contributed by atoms with E-state index in [1.165, 1.54) is 6.20 Å². The van der Waals surface area contributed by atoms with Gasteiger partial charge < -0.3 is 14.9 Å². The molecule has 2 heterocycles. The fraction of sp³-hybridized carbons (Fsp3) is 0.636. The van der Waals surface area contributed by atoms with Crippen LogP contribution in [-0.2, 0) is 6.61 Å². The van der Waals surface area contributed by atoms with Crippen LogP contribution >= 0.6 is 0 Å². The monoisotopic (exact) mass is 258 g/mol. The van der Waals surface area contributed by atoms with E-state index in [2.05, 4.69) is 14.9 Å². The minimum absolute atomic E-state index is 0.0860. The molecule has 0 radical (unpaired) electrons. The maximum absolute atomic E-state index is 12.8. The standard InChI is InChI=1S/C11H16F2N4O/c1-16-2-4-17(5-3-16)11-14-6-8(7-18)9(15-11)10(12)13/h6,10,18H,2-5,7H2,1H3. The summed E-state index contributed by atoms with van der Waals surface area (Å²) >= 11 is 0. The summed E-state index contributed by atoms with van der Waals surface area (Å²) in [6.45, 7) is 2.68. The topological polar surface area (TPSA) is 52.5 Å². The van der Waals surface area contributed by atoms with E-state index in [4.69, 9.17) is 5.11 Å². The Balaban J connectivity index is 2.21. The molecular formula is C11H16F2N4O. The number of likely N-dealkylation sites (N-methyl/N-ethyl adjacent to an activating group) is 1. The maximum Gasteiger partial charge on any atom is 0.280 e. The molecule has 1 aromatic heterocycles. The number of aliphatic hydroxyl groups is 1. The molecule has 1 aliphatic rings. The molecule has 0 bridgehead atoms. The molecule has 1 aromatic rings. The van der Waals surface area contributed by atoms with Crippen molar-refractivity contribution in [3.8, 4) is 0 Å². The molecule has 1 N–H and O–H groups in total. The van der Waals surface area contributed by atoms with E-state index in [0.29, 0.717) is 5.95 Å². The van der Waals surface area contributed by atoms with Gasteiger partial charge in [0, 0.05) is 37.9 Å². The van der Waals surface area contributed by atoms with Crippen LogP contribution in [0.25, 0.3) is 0 Å². The first-order valence-electron chi connectivity index (χ1n) is 5.80. The summed E-state index contributed by atoms with van der Waals surface area (Å²) in [6.07, 6.45) is -1.41. The third kappa shape index (κ3) is 2.73. The van der Waals surface area contributed by atoms with Crippen LogP contribution in [0.4, 0.5) is 14.7 Å². The molecule has 0 saturated carbocycles. The minimum Gasteiger partial charge on any atom is -0.392 e. The van der Waals surface area contributed by atoms with Gasteiger partial charge in [0.05, 0.1) is 6.61 Å². The quantitative estimate of drug-likeness (QED) is 0.863. The predicted octanol–water partition coefficient (Wildman–Crippen LogP) is 0.658. The largest absolute Gasteiger partial charge is 0.392 e. The van der Waals surface area contributed by atoms with Crippen molar-refractivity contribution in [1.82, 2.24) is 14.9 Å². The highest BCUT2D eigenvalue weighted by molar-refractivity contribution is 5.34. The summed E-state index contributed by atoms with van der Waals surface area (Å²) < 4.78 is 25.6. The van der Waals surface area contributed by atoms with Crippen LogP contribution in [-0.4, -0.2) is 53.2 Å². The van der Waals surface area contributed by atoms with Gasteiger partial charge in [0.1, 0.15) is 5.69 Å². The van der Waals surface area contributed by atoms with Crippen molar-refractivity contribution in [1.29, 1.82) is 0 Å². The van der Waals surface area contributed by atoms with Crippen LogP contribution in [0.15, 0.2) is 6.20 Å². The molecule has 0 amide bonds. The van der Waals surface area contributed by atoms with Crippen molar-refractivity contribution in [2.24, 2.45) is 0 Å². The van der Waals surface area contributed by atoms with E-state index in [-0.39, 0.29) is 11.3 Å². The number of alkyl halides is 2. The summed E-state index contributed by atoms with van der Waals surface area (Å²) in [5.41, 5.74) is -0.288. The summed E-state index contributed by atoms with van der Waals surface area (Å²) in [5.74, 6) is 0.315. The zero-order valence-corrected chi connectivity index (χ0v) is 10.2. The lowest BCUT2D eigenvalue weighted by Gasteiger charge is -2.32. The molecule has 0 unspecified atom stereocenters. The average Bonchev–Trinajstić information content (AvgIpc) is 2.39. The lowest BCUT2D eigenvalue weighted by molar-refractivity contribution is 0.141.